The lowest BCUT2D eigenvalue weighted by molar-refractivity contribution is 1.47. The van der Waals surface area contributed by atoms with Crippen LogP contribution in [0.5, 0.6) is 0 Å². The van der Waals surface area contributed by atoms with Gasteiger partial charge in [-0.15, -0.1) is 6.58 Å². The highest BCUT2D eigenvalue weighted by Crippen LogP contribution is 2.02. The van der Waals surface area contributed by atoms with Gasteiger partial charge in [0.2, 0.25) is 0 Å². The van der Waals surface area contributed by atoms with Crippen molar-refractivity contribution in [2.75, 3.05) is 5.73 Å². The fourth-order valence-electron chi connectivity index (χ4n) is 0.566. The van der Waals surface area contributed by atoms with E-state index in [2.05, 4.69) is 6.58 Å². The summed E-state index contributed by atoms with van der Waals surface area (Å²) >= 11 is 0. The molecule has 0 radical (unpaired) electrons. The summed E-state index contributed by atoms with van der Waals surface area (Å²) in [5.74, 6) is 0. The van der Waals surface area contributed by atoms with Crippen LogP contribution in [0.2, 0.25) is 0 Å². The zero-order valence-corrected chi connectivity index (χ0v) is 7.17. The standard InChI is InChI=1S/C7H9N.C3H6.CH4/c1-6-2-4-7(8)5-3-6;1-3-2;/h2-5H,8H2,1H3;3H,1H2,2H3;1H4. The van der Waals surface area contributed by atoms with Crippen LogP contribution in [-0.2, 0) is 0 Å². The van der Waals surface area contributed by atoms with Crippen LogP contribution in [0, 0.1) is 6.92 Å². The van der Waals surface area contributed by atoms with E-state index < -0.39 is 0 Å². The second-order valence-corrected chi connectivity index (χ2v) is 2.32. The molecule has 1 aromatic rings. The second kappa shape index (κ2) is 7.86. The Morgan fingerprint density at radius 1 is 1.25 bits per heavy atom. The first kappa shape index (κ1) is 13.4. The van der Waals surface area contributed by atoms with Gasteiger partial charge in [0.15, 0.2) is 0 Å². The van der Waals surface area contributed by atoms with Gasteiger partial charge in [0.25, 0.3) is 0 Å². The maximum Gasteiger partial charge on any atom is 0.0314 e. The number of hydrogen-bond donors (Lipinski definition) is 1. The summed E-state index contributed by atoms with van der Waals surface area (Å²) < 4.78 is 0. The molecule has 0 atom stereocenters. The summed E-state index contributed by atoms with van der Waals surface area (Å²) in [5.41, 5.74) is 7.51. The summed E-state index contributed by atoms with van der Waals surface area (Å²) in [5, 5.41) is 0. The molecule has 0 spiro atoms. The van der Waals surface area contributed by atoms with E-state index in [0.717, 1.165) is 5.69 Å². The molecule has 0 aliphatic carbocycles. The third-order valence-corrected chi connectivity index (χ3v) is 1.08. The van der Waals surface area contributed by atoms with Crippen molar-refractivity contribution in [3.8, 4) is 0 Å². The first-order valence-corrected chi connectivity index (χ1v) is 3.60. The second-order valence-electron chi connectivity index (χ2n) is 2.32. The lowest BCUT2D eigenvalue weighted by Gasteiger charge is -1.90. The first-order chi connectivity index (χ1) is 5.20. The lowest BCUT2D eigenvalue weighted by Crippen LogP contribution is -1.81. The fourth-order valence-corrected chi connectivity index (χ4v) is 0.566. The van der Waals surface area contributed by atoms with Crippen LogP contribution < -0.4 is 5.73 Å². The van der Waals surface area contributed by atoms with Gasteiger partial charge in [0.05, 0.1) is 0 Å². The van der Waals surface area contributed by atoms with Crippen molar-refractivity contribution in [1.82, 2.24) is 0 Å². The molecule has 1 heteroatoms. The normalized spacial score (nSPS) is 7.17. The lowest BCUT2D eigenvalue weighted by atomic mass is 10.2. The highest BCUT2D eigenvalue weighted by Gasteiger charge is 1.80. The van der Waals surface area contributed by atoms with Gasteiger partial charge in [-0.1, -0.05) is 31.2 Å². The first-order valence-electron chi connectivity index (χ1n) is 3.60. The maximum atomic E-state index is 5.43. The Kier molecular flexibility index (Phi) is 8.75. The van der Waals surface area contributed by atoms with Gasteiger partial charge in [0.1, 0.15) is 0 Å². The van der Waals surface area contributed by atoms with Crippen molar-refractivity contribution >= 4 is 5.69 Å². The van der Waals surface area contributed by atoms with Crippen LogP contribution in [0.15, 0.2) is 36.9 Å². The number of hydrogen-bond acceptors (Lipinski definition) is 1. The van der Waals surface area contributed by atoms with Crippen LogP contribution >= 0.6 is 0 Å². The Morgan fingerprint density at radius 2 is 1.58 bits per heavy atom. The number of benzene rings is 1. The van der Waals surface area contributed by atoms with Crippen LogP contribution in [0.4, 0.5) is 5.69 Å². The minimum Gasteiger partial charge on any atom is -0.399 e. The van der Waals surface area contributed by atoms with Gasteiger partial charge in [-0.05, 0) is 26.0 Å². The predicted octanol–water partition coefficient (Wildman–Crippen LogP) is 3.41. The van der Waals surface area contributed by atoms with E-state index in [1.165, 1.54) is 5.56 Å². The van der Waals surface area contributed by atoms with Crippen molar-refractivity contribution in [3.05, 3.63) is 42.5 Å². The van der Waals surface area contributed by atoms with E-state index in [4.69, 9.17) is 5.73 Å². The molecule has 2 N–H and O–H groups in total. The van der Waals surface area contributed by atoms with Crippen LogP contribution in [0.3, 0.4) is 0 Å². The quantitative estimate of drug-likeness (QED) is 0.462. The number of nitrogens with two attached hydrogens (primary N) is 1. The molecule has 0 aliphatic rings. The Morgan fingerprint density at radius 3 is 1.83 bits per heavy atom. The molecule has 0 heterocycles. The minimum absolute atomic E-state index is 0. The molecular formula is C11H19N. The molecule has 0 fully saturated rings. The Labute approximate surface area is 75.9 Å². The SMILES string of the molecule is C.C=CC.Cc1ccc(N)cc1. The van der Waals surface area contributed by atoms with E-state index in [0.29, 0.717) is 0 Å². The summed E-state index contributed by atoms with van der Waals surface area (Å²) in [7, 11) is 0. The number of rotatable bonds is 0. The third-order valence-electron chi connectivity index (χ3n) is 1.08. The molecule has 0 amide bonds. The van der Waals surface area contributed by atoms with Crippen molar-refractivity contribution in [2.24, 2.45) is 0 Å². The number of nitrogen functional groups attached to an aromatic ring is 1. The summed E-state index contributed by atoms with van der Waals surface area (Å²) in [6.45, 7) is 7.29. The van der Waals surface area contributed by atoms with Crippen LogP contribution in [-0.4, -0.2) is 0 Å². The Bertz CT molecular complexity index is 178. The molecule has 1 rings (SSSR count). The molecule has 1 aromatic carbocycles. The van der Waals surface area contributed by atoms with E-state index in [9.17, 15) is 0 Å². The molecule has 0 aliphatic heterocycles. The summed E-state index contributed by atoms with van der Waals surface area (Å²) in [4.78, 5) is 0. The van der Waals surface area contributed by atoms with E-state index in [-0.39, 0.29) is 7.43 Å². The Hall–Kier alpha value is -1.24. The van der Waals surface area contributed by atoms with Crippen LogP contribution in [0.1, 0.15) is 19.9 Å². The van der Waals surface area contributed by atoms with Crippen LogP contribution in [0.25, 0.3) is 0 Å². The molecule has 68 valence electrons. The average Bonchev–Trinajstić information content (AvgIpc) is 1.97. The van der Waals surface area contributed by atoms with Gasteiger partial charge >= 0.3 is 0 Å². The van der Waals surface area contributed by atoms with E-state index >= 15 is 0 Å². The van der Waals surface area contributed by atoms with Gasteiger partial charge in [-0.2, -0.15) is 0 Å². The summed E-state index contributed by atoms with van der Waals surface area (Å²) in [6, 6.07) is 7.79. The molecule has 0 bridgehead atoms. The van der Waals surface area contributed by atoms with Crippen molar-refractivity contribution in [2.45, 2.75) is 21.3 Å². The van der Waals surface area contributed by atoms with Crippen molar-refractivity contribution in [3.63, 3.8) is 0 Å². The predicted molar refractivity (Wildman–Crippen MR) is 58.2 cm³/mol. The van der Waals surface area contributed by atoms with Gasteiger partial charge in [-0.3, -0.25) is 0 Å². The number of allylic oxidation sites excluding steroid dienone is 1. The van der Waals surface area contributed by atoms with Gasteiger partial charge in [-0.25, -0.2) is 0 Å². The molecule has 0 saturated carbocycles. The third kappa shape index (κ3) is 6.87. The highest BCUT2D eigenvalue weighted by atomic mass is 14.5. The van der Waals surface area contributed by atoms with Gasteiger partial charge < -0.3 is 5.73 Å². The maximum absolute atomic E-state index is 5.43. The van der Waals surface area contributed by atoms with E-state index in [1.807, 2.05) is 38.1 Å². The Balaban J connectivity index is 0. The molecule has 12 heavy (non-hydrogen) atoms. The molecular weight excluding hydrogens is 146 g/mol. The molecule has 0 saturated heterocycles. The van der Waals surface area contributed by atoms with Gasteiger partial charge in [0, 0.05) is 5.69 Å². The average molecular weight is 165 g/mol. The summed E-state index contributed by atoms with van der Waals surface area (Å²) in [6.07, 6.45) is 1.75. The van der Waals surface area contributed by atoms with Crippen molar-refractivity contribution < 1.29 is 0 Å². The largest absolute Gasteiger partial charge is 0.399 e. The topological polar surface area (TPSA) is 26.0 Å². The van der Waals surface area contributed by atoms with Crippen molar-refractivity contribution in [1.29, 1.82) is 0 Å². The zero-order chi connectivity index (χ0) is 8.69. The smallest absolute Gasteiger partial charge is 0.0314 e. The molecule has 0 unspecified atom stereocenters. The molecule has 1 nitrogen and oxygen atoms in total. The van der Waals surface area contributed by atoms with E-state index in [1.54, 1.807) is 6.08 Å². The number of aryl methyl sites for hydroxylation is 1. The highest BCUT2D eigenvalue weighted by molar-refractivity contribution is 5.38. The number of anilines is 1. The molecule has 0 aromatic heterocycles. The fraction of sp³-hybridized carbons (Fsp3) is 0.273. The monoisotopic (exact) mass is 165 g/mol. The minimum atomic E-state index is 0. The zero-order valence-electron chi connectivity index (χ0n) is 7.17.